The number of imidazole rings is 1. The van der Waals surface area contributed by atoms with Gasteiger partial charge in [-0.2, -0.15) is 0 Å². The smallest absolute Gasteiger partial charge is 0.410 e. The van der Waals surface area contributed by atoms with Gasteiger partial charge in [0.25, 0.3) is 0 Å². The Morgan fingerprint density at radius 1 is 1.14 bits per heavy atom. The van der Waals surface area contributed by atoms with Gasteiger partial charge in [-0.1, -0.05) is 63.3 Å². The normalized spacial score (nSPS) is 19.1. The number of carbonyl (C=O) groups excluding carboxylic acids is 1. The summed E-state index contributed by atoms with van der Waals surface area (Å²) < 4.78 is 14.5. The van der Waals surface area contributed by atoms with Crippen molar-refractivity contribution in [2.45, 2.75) is 71.0 Å². The predicted octanol–water partition coefficient (Wildman–Crippen LogP) is 6.84. The lowest BCUT2D eigenvalue weighted by Crippen LogP contribution is -2.44. The molecule has 1 saturated heterocycles. The van der Waals surface area contributed by atoms with Gasteiger partial charge in [0.05, 0.1) is 17.8 Å². The molecule has 186 valence electrons. The zero-order chi connectivity index (χ0) is 25.2. The number of hydrogen-bond donors (Lipinski definition) is 0. The third-order valence-electron chi connectivity index (χ3n) is 7.16. The summed E-state index contributed by atoms with van der Waals surface area (Å²) in [5.74, 6) is 0. The van der Waals surface area contributed by atoms with Crippen molar-refractivity contribution in [3.8, 4) is 0 Å². The fourth-order valence-electron chi connectivity index (χ4n) is 4.24. The molecular formula is C28H37N3O3Si. The molecule has 1 aromatic carbocycles. The topological polar surface area (TPSA) is 56.1 Å². The molecule has 0 radical (unpaired) electrons. The Kier molecular flexibility index (Phi) is 7.19. The highest BCUT2D eigenvalue weighted by Gasteiger charge is 2.45. The molecule has 0 spiro atoms. The molecule has 4 rings (SSSR count). The molecule has 0 aliphatic carbocycles. The van der Waals surface area contributed by atoms with E-state index < -0.39 is 8.32 Å². The summed E-state index contributed by atoms with van der Waals surface area (Å²) in [6.45, 7) is 14.0. The maximum absolute atomic E-state index is 13.3. The standard InChI is InChI=1S/C28H37N3O3Si/c1-7-11-21-14-15-26-29-24(19-30(26)17-21)25-16-23(34-35(5,6)28(2,3)4)18-31(25)27(32)33-20-22-12-9-8-10-13-22/h7-15,17,19,23,25H,16,18,20H2,1-6H3/b11-7+/t23-,25+/m0/s1. The monoisotopic (exact) mass is 491 g/mol. The van der Waals surface area contributed by atoms with Crippen LogP contribution in [0, 0.1) is 0 Å². The Morgan fingerprint density at radius 3 is 2.57 bits per heavy atom. The second-order valence-corrected chi connectivity index (χ2v) is 15.6. The Balaban J connectivity index is 1.59. The minimum atomic E-state index is -2.00. The van der Waals surface area contributed by atoms with Crippen molar-refractivity contribution in [3.63, 3.8) is 0 Å². The molecule has 3 heterocycles. The van der Waals surface area contributed by atoms with E-state index in [0.717, 1.165) is 22.5 Å². The minimum Gasteiger partial charge on any atom is -0.445 e. The molecule has 1 fully saturated rings. The van der Waals surface area contributed by atoms with E-state index in [2.05, 4.69) is 52.2 Å². The number of amides is 1. The summed E-state index contributed by atoms with van der Waals surface area (Å²) in [7, 11) is -2.00. The number of aromatic nitrogens is 2. The van der Waals surface area contributed by atoms with Gasteiger partial charge < -0.3 is 13.6 Å². The molecule has 3 aromatic rings. The lowest BCUT2D eigenvalue weighted by molar-refractivity contribution is 0.0878. The highest BCUT2D eigenvalue weighted by Crippen LogP contribution is 2.41. The van der Waals surface area contributed by atoms with Crippen LogP contribution in [0.15, 0.2) is 60.9 Å². The van der Waals surface area contributed by atoms with Crippen LogP contribution in [0.4, 0.5) is 4.79 Å². The quantitative estimate of drug-likeness (QED) is 0.354. The van der Waals surface area contributed by atoms with E-state index in [1.165, 1.54) is 0 Å². The molecule has 1 aliphatic heterocycles. The fraction of sp³-hybridized carbons (Fsp3) is 0.429. The maximum atomic E-state index is 13.3. The molecule has 2 atom stereocenters. The maximum Gasteiger partial charge on any atom is 0.410 e. The molecule has 0 saturated carbocycles. The van der Waals surface area contributed by atoms with Crippen LogP contribution < -0.4 is 0 Å². The van der Waals surface area contributed by atoms with Crippen molar-refractivity contribution in [3.05, 3.63) is 77.8 Å². The van der Waals surface area contributed by atoms with E-state index >= 15 is 0 Å². The van der Waals surface area contributed by atoms with Crippen molar-refractivity contribution in [1.82, 2.24) is 14.3 Å². The van der Waals surface area contributed by atoms with Crippen molar-refractivity contribution in [1.29, 1.82) is 0 Å². The first-order valence-corrected chi connectivity index (χ1v) is 15.2. The van der Waals surface area contributed by atoms with E-state index in [-0.39, 0.29) is 29.9 Å². The van der Waals surface area contributed by atoms with Crippen LogP contribution in [0.1, 0.15) is 57.0 Å². The Bertz CT molecular complexity index is 1200. The largest absolute Gasteiger partial charge is 0.445 e. The summed E-state index contributed by atoms with van der Waals surface area (Å²) >= 11 is 0. The van der Waals surface area contributed by atoms with Crippen molar-refractivity contribution < 1.29 is 14.0 Å². The van der Waals surface area contributed by atoms with E-state index in [4.69, 9.17) is 14.1 Å². The van der Waals surface area contributed by atoms with Crippen LogP contribution in [0.25, 0.3) is 11.7 Å². The van der Waals surface area contributed by atoms with Gasteiger partial charge in [0.15, 0.2) is 8.32 Å². The zero-order valence-electron chi connectivity index (χ0n) is 21.7. The SMILES string of the molecule is C/C=C/c1ccc2nc([C@H]3C[C@H](O[Si](C)(C)C(C)(C)C)CN3C(=O)OCc3ccccc3)cn2c1. The molecule has 1 aliphatic rings. The summed E-state index contributed by atoms with van der Waals surface area (Å²) in [6, 6.07) is 13.6. The Hall–Kier alpha value is -2.90. The van der Waals surface area contributed by atoms with Gasteiger partial charge in [-0.05, 0) is 48.3 Å². The van der Waals surface area contributed by atoms with Crippen LogP contribution in [-0.2, 0) is 15.8 Å². The van der Waals surface area contributed by atoms with E-state index in [9.17, 15) is 4.79 Å². The number of likely N-dealkylation sites (tertiary alicyclic amines) is 1. The number of hydrogen-bond acceptors (Lipinski definition) is 4. The molecule has 1 amide bonds. The second-order valence-electron chi connectivity index (χ2n) is 10.8. The van der Waals surface area contributed by atoms with Gasteiger partial charge in [-0.15, -0.1) is 0 Å². The third kappa shape index (κ3) is 5.68. The van der Waals surface area contributed by atoms with E-state index in [0.29, 0.717) is 13.0 Å². The van der Waals surface area contributed by atoms with Gasteiger partial charge in [-0.25, -0.2) is 9.78 Å². The molecule has 0 bridgehead atoms. The molecule has 0 unspecified atom stereocenters. The van der Waals surface area contributed by atoms with E-state index in [1.54, 1.807) is 4.90 Å². The Morgan fingerprint density at radius 2 is 1.89 bits per heavy atom. The van der Waals surface area contributed by atoms with Crippen LogP contribution >= 0.6 is 0 Å². The van der Waals surface area contributed by atoms with Crippen LogP contribution in [0.2, 0.25) is 18.1 Å². The second kappa shape index (κ2) is 9.99. The molecule has 35 heavy (non-hydrogen) atoms. The number of ether oxygens (including phenoxy) is 1. The number of carbonyl (C=O) groups is 1. The van der Waals surface area contributed by atoms with Crippen molar-refractivity contribution >= 4 is 26.1 Å². The molecule has 7 heteroatoms. The van der Waals surface area contributed by atoms with Crippen molar-refractivity contribution in [2.24, 2.45) is 0 Å². The summed E-state index contributed by atoms with van der Waals surface area (Å²) in [5.41, 5.74) is 3.80. The number of fused-ring (bicyclic) bond motifs is 1. The Labute approximate surface area is 209 Å². The lowest BCUT2D eigenvalue weighted by Gasteiger charge is -2.38. The first-order chi connectivity index (χ1) is 16.6. The van der Waals surface area contributed by atoms with Crippen LogP contribution in [-0.4, -0.2) is 41.3 Å². The first-order valence-electron chi connectivity index (χ1n) is 12.3. The molecule has 2 aromatic heterocycles. The van der Waals surface area contributed by atoms with Gasteiger partial charge in [0.1, 0.15) is 12.3 Å². The van der Waals surface area contributed by atoms with Gasteiger partial charge in [0, 0.05) is 25.4 Å². The number of rotatable bonds is 6. The molecule has 0 N–H and O–H groups in total. The molecule has 6 nitrogen and oxygen atoms in total. The highest BCUT2D eigenvalue weighted by atomic mass is 28.4. The number of nitrogens with zero attached hydrogens (tertiary/aromatic N) is 3. The zero-order valence-corrected chi connectivity index (χ0v) is 22.7. The fourth-order valence-corrected chi connectivity index (χ4v) is 5.60. The van der Waals surface area contributed by atoms with Gasteiger partial charge in [0.2, 0.25) is 0 Å². The summed E-state index contributed by atoms with van der Waals surface area (Å²) in [4.78, 5) is 20.0. The summed E-state index contributed by atoms with van der Waals surface area (Å²) in [6.07, 6.45) is 8.49. The number of benzene rings is 1. The number of pyridine rings is 1. The van der Waals surface area contributed by atoms with Crippen LogP contribution in [0.5, 0.6) is 0 Å². The van der Waals surface area contributed by atoms with Gasteiger partial charge >= 0.3 is 6.09 Å². The third-order valence-corrected chi connectivity index (χ3v) is 11.7. The minimum absolute atomic E-state index is 0.0476. The highest BCUT2D eigenvalue weighted by molar-refractivity contribution is 6.74. The van der Waals surface area contributed by atoms with Crippen LogP contribution in [0.3, 0.4) is 0 Å². The van der Waals surface area contributed by atoms with Gasteiger partial charge in [-0.3, -0.25) is 4.90 Å². The summed E-state index contributed by atoms with van der Waals surface area (Å²) in [5, 5.41) is 0.0933. The number of allylic oxidation sites excluding steroid dienone is 1. The average molecular weight is 492 g/mol. The molecular weight excluding hydrogens is 454 g/mol. The average Bonchev–Trinajstić information content (AvgIpc) is 3.41. The van der Waals surface area contributed by atoms with E-state index in [1.807, 2.05) is 60.0 Å². The first kappa shape index (κ1) is 25.2. The van der Waals surface area contributed by atoms with Crippen molar-refractivity contribution in [2.75, 3.05) is 6.54 Å². The predicted molar refractivity (Wildman–Crippen MR) is 143 cm³/mol. The lowest BCUT2D eigenvalue weighted by atomic mass is 10.1.